The van der Waals surface area contributed by atoms with Crippen LogP contribution in [0.15, 0.2) is 24.3 Å². The van der Waals surface area contributed by atoms with E-state index in [-0.39, 0.29) is 18.1 Å². The molecule has 5 N–H and O–H groups in total. The van der Waals surface area contributed by atoms with Crippen LogP contribution >= 0.6 is 0 Å². The Hall–Kier alpha value is -1.26. The molecule has 0 saturated heterocycles. The average molecular weight is 251 g/mol. The quantitative estimate of drug-likeness (QED) is 0.650. The summed E-state index contributed by atoms with van der Waals surface area (Å²) in [6, 6.07) is 7.11. The van der Waals surface area contributed by atoms with Crippen molar-refractivity contribution in [2.24, 2.45) is 11.5 Å². The first kappa shape index (κ1) is 14.8. The van der Waals surface area contributed by atoms with Gasteiger partial charge in [-0.25, -0.2) is 0 Å². The van der Waals surface area contributed by atoms with E-state index in [2.05, 4.69) is 13.8 Å². The van der Waals surface area contributed by atoms with Crippen LogP contribution in [0.2, 0.25) is 0 Å². The van der Waals surface area contributed by atoms with E-state index in [0.717, 1.165) is 31.4 Å². The van der Waals surface area contributed by atoms with Crippen LogP contribution in [-0.4, -0.2) is 17.4 Å². The summed E-state index contributed by atoms with van der Waals surface area (Å²) in [5.74, 6) is 0.241. The highest BCUT2D eigenvalue weighted by Crippen LogP contribution is 2.24. The van der Waals surface area contributed by atoms with Gasteiger partial charge in [-0.05, 0) is 25.0 Å². The van der Waals surface area contributed by atoms with Crippen molar-refractivity contribution < 1.29 is 5.11 Å². The van der Waals surface area contributed by atoms with Crippen molar-refractivity contribution in [3.63, 3.8) is 0 Å². The molecule has 4 heteroatoms. The minimum absolute atomic E-state index is 0.113. The van der Waals surface area contributed by atoms with Crippen LogP contribution in [0.4, 0.5) is 5.69 Å². The fraction of sp³-hybridized carbons (Fsp3) is 0.571. The van der Waals surface area contributed by atoms with Crippen LogP contribution in [0, 0.1) is 0 Å². The zero-order valence-electron chi connectivity index (χ0n) is 11.3. The fourth-order valence-corrected chi connectivity index (χ4v) is 2.15. The lowest BCUT2D eigenvalue weighted by atomic mass is 10.1. The molecule has 18 heavy (non-hydrogen) atoms. The standard InChI is InChI=1S/C14H25N3O/c1-3-6-13(15)17(14(16)7-4-2)11-8-5-9-12(18)10-11/h5,8-10,13-14,18H,3-4,6-7,15-16H2,1-2H3. The first-order chi connectivity index (χ1) is 8.60. The van der Waals surface area contributed by atoms with Crippen molar-refractivity contribution in [1.29, 1.82) is 0 Å². The van der Waals surface area contributed by atoms with E-state index in [4.69, 9.17) is 11.5 Å². The molecule has 2 unspecified atom stereocenters. The van der Waals surface area contributed by atoms with Crippen LogP contribution in [0.1, 0.15) is 39.5 Å². The lowest BCUT2D eigenvalue weighted by Crippen LogP contribution is -2.52. The topological polar surface area (TPSA) is 75.5 Å². The van der Waals surface area contributed by atoms with Crippen LogP contribution in [0.25, 0.3) is 0 Å². The number of nitrogens with zero attached hydrogens (tertiary/aromatic N) is 1. The smallest absolute Gasteiger partial charge is 0.117 e. The summed E-state index contributed by atoms with van der Waals surface area (Å²) in [5, 5.41) is 9.58. The molecule has 0 aromatic heterocycles. The molecule has 1 aromatic rings. The highest BCUT2D eigenvalue weighted by molar-refractivity contribution is 5.51. The van der Waals surface area contributed by atoms with Gasteiger partial charge in [0.1, 0.15) is 5.75 Å². The number of rotatable bonds is 7. The maximum atomic E-state index is 9.58. The molecule has 0 heterocycles. The second kappa shape index (κ2) is 7.24. The zero-order chi connectivity index (χ0) is 13.5. The summed E-state index contributed by atoms with van der Waals surface area (Å²) >= 11 is 0. The van der Waals surface area contributed by atoms with Gasteiger partial charge in [-0.3, -0.25) is 0 Å². The Morgan fingerprint density at radius 1 is 1.11 bits per heavy atom. The van der Waals surface area contributed by atoms with E-state index < -0.39 is 0 Å². The van der Waals surface area contributed by atoms with Crippen molar-refractivity contribution in [3.8, 4) is 5.75 Å². The van der Waals surface area contributed by atoms with E-state index in [1.54, 1.807) is 12.1 Å². The van der Waals surface area contributed by atoms with Crippen molar-refractivity contribution in [1.82, 2.24) is 0 Å². The molecule has 0 spiro atoms. The van der Waals surface area contributed by atoms with Gasteiger partial charge in [-0.1, -0.05) is 32.8 Å². The molecule has 2 atom stereocenters. The Balaban J connectivity index is 2.95. The maximum Gasteiger partial charge on any atom is 0.117 e. The third-order valence-electron chi connectivity index (χ3n) is 3.01. The molecule has 0 saturated carbocycles. The number of phenols is 1. The predicted molar refractivity (Wildman–Crippen MR) is 76.4 cm³/mol. The summed E-state index contributed by atoms with van der Waals surface area (Å²) < 4.78 is 0. The van der Waals surface area contributed by atoms with Crippen molar-refractivity contribution in [2.45, 2.75) is 51.9 Å². The number of anilines is 1. The van der Waals surface area contributed by atoms with E-state index >= 15 is 0 Å². The highest BCUT2D eigenvalue weighted by Gasteiger charge is 2.20. The second-order valence-electron chi connectivity index (χ2n) is 4.64. The summed E-state index contributed by atoms with van der Waals surface area (Å²) in [4.78, 5) is 2.01. The molecular weight excluding hydrogens is 226 g/mol. The van der Waals surface area contributed by atoms with Crippen LogP contribution in [0.3, 0.4) is 0 Å². The normalized spacial score (nSPS) is 14.2. The number of nitrogens with two attached hydrogens (primary N) is 2. The Morgan fingerprint density at radius 2 is 1.67 bits per heavy atom. The summed E-state index contributed by atoms with van der Waals surface area (Å²) in [6.07, 6.45) is 3.56. The minimum atomic E-state index is -0.113. The third kappa shape index (κ3) is 3.89. The van der Waals surface area contributed by atoms with E-state index in [0.29, 0.717) is 0 Å². The number of hydrogen-bond acceptors (Lipinski definition) is 4. The van der Waals surface area contributed by atoms with Crippen molar-refractivity contribution in [3.05, 3.63) is 24.3 Å². The molecule has 0 bridgehead atoms. The number of phenolic OH excluding ortho intramolecular Hbond substituents is 1. The molecule has 0 amide bonds. The SMILES string of the molecule is CCCC(N)N(c1cccc(O)c1)C(N)CCC. The molecule has 4 nitrogen and oxygen atoms in total. The minimum Gasteiger partial charge on any atom is -0.508 e. The van der Waals surface area contributed by atoms with Gasteiger partial charge in [0.05, 0.1) is 12.3 Å². The van der Waals surface area contributed by atoms with Gasteiger partial charge in [0.25, 0.3) is 0 Å². The Bertz CT molecular complexity index is 345. The first-order valence-electron chi connectivity index (χ1n) is 6.68. The third-order valence-corrected chi connectivity index (χ3v) is 3.01. The molecule has 0 fully saturated rings. The fourth-order valence-electron chi connectivity index (χ4n) is 2.15. The molecule has 1 aromatic carbocycles. The largest absolute Gasteiger partial charge is 0.508 e. The second-order valence-corrected chi connectivity index (χ2v) is 4.64. The van der Waals surface area contributed by atoms with Gasteiger partial charge in [0.15, 0.2) is 0 Å². The number of aromatic hydroxyl groups is 1. The Kier molecular flexibility index (Phi) is 5.95. The van der Waals surface area contributed by atoms with Gasteiger partial charge in [-0.15, -0.1) is 0 Å². The maximum absolute atomic E-state index is 9.58. The monoisotopic (exact) mass is 251 g/mol. The Morgan fingerprint density at radius 3 is 2.11 bits per heavy atom. The van der Waals surface area contributed by atoms with Crippen molar-refractivity contribution in [2.75, 3.05) is 4.90 Å². The molecule has 102 valence electrons. The van der Waals surface area contributed by atoms with Gasteiger partial charge >= 0.3 is 0 Å². The van der Waals surface area contributed by atoms with E-state index in [9.17, 15) is 5.11 Å². The summed E-state index contributed by atoms with van der Waals surface area (Å²) in [5.41, 5.74) is 13.3. The first-order valence-corrected chi connectivity index (χ1v) is 6.68. The lowest BCUT2D eigenvalue weighted by Gasteiger charge is -2.36. The van der Waals surface area contributed by atoms with Crippen LogP contribution in [0.5, 0.6) is 5.75 Å². The molecule has 0 aliphatic heterocycles. The van der Waals surface area contributed by atoms with Gasteiger partial charge in [-0.2, -0.15) is 0 Å². The van der Waals surface area contributed by atoms with Crippen LogP contribution < -0.4 is 16.4 Å². The number of hydrogen-bond donors (Lipinski definition) is 3. The average Bonchev–Trinajstić information content (AvgIpc) is 2.30. The predicted octanol–water partition coefficient (Wildman–Crippen LogP) is 2.37. The lowest BCUT2D eigenvalue weighted by molar-refractivity contribution is 0.461. The molecule has 0 aliphatic carbocycles. The molecule has 1 rings (SSSR count). The van der Waals surface area contributed by atoms with Gasteiger partial charge in [0, 0.05) is 11.8 Å². The van der Waals surface area contributed by atoms with Crippen molar-refractivity contribution >= 4 is 5.69 Å². The van der Waals surface area contributed by atoms with E-state index in [1.807, 2.05) is 17.0 Å². The molecule has 0 radical (unpaired) electrons. The van der Waals surface area contributed by atoms with Gasteiger partial charge < -0.3 is 21.5 Å². The zero-order valence-corrected chi connectivity index (χ0v) is 11.3. The number of benzene rings is 1. The van der Waals surface area contributed by atoms with Gasteiger partial charge in [0.2, 0.25) is 0 Å². The summed E-state index contributed by atoms with van der Waals surface area (Å²) in [7, 11) is 0. The van der Waals surface area contributed by atoms with E-state index in [1.165, 1.54) is 0 Å². The summed E-state index contributed by atoms with van der Waals surface area (Å²) in [6.45, 7) is 4.21. The Labute approximate surface area is 110 Å². The molecule has 0 aliphatic rings. The van der Waals surface area contributed by atoms with Crippen LogP contribution in [-0.2, 0) is 0 Å². The highest BCUT2D eigenvalue weighted by atomic mass is 16.3. The molecular formula is C14H25N3O.